The van der Waals surface area contributed by atoms with Gasteiger partial charge in [-0.15, -0.1) is 0 Å². The van der Waals surface area contributed by atoms with Crippen molar-refractivity contribution in [2.45, 2.75) is 12.8 Å². The van der Waals surface area contributed by atoms with E-state index in [9.17, 15) is 24.5 Å². The van der Waals surface area contributed by atoms with Gasteiger partial charge in [0.1, 0.15) is 5.69 Å². The summed E-state index contributed by atoms with van der Waals surface area (Å²) in [5.41, 5.74) is 1.37. The van der Waals surface area contributed by atoms with E-state index in [0.717, 1.165) is 48.2 Å². The van der Waals surface area contributed by atoms with Crippen LogP contribution in [0.3, 0.4) is 0 Å². The molecule has 0 bridgehead atoms. The Morgan fingerprint density at radius 1 is 1.12 bits per heavy atom. The van der Waals surface area contributed by atoms with Crippen molar-refractivity contribution in [1.82, 2.24) is 10.2 Å². The number of hydrogen-bond donors (Lipinski definition) is 1. The molecule has 2 heterocycles. The van der Waals surface area contributed by atoms with Gasteiger partial charge in [-0.05, 0) is 48.4 Å². The highest BCUT2D eigenvalue weighted by Crippen LogP contribution is 2.33. The standard InChI is InChI=1S/C23H22N4O5S/c28-21(17-8-9-18(19(15-17)27(31)32)25-11-4-5-12-25)24-10-13-26-22(29)20(33-23(26)30)14-16-6-2-1-3-7-16/h1-3,6-9,14-15H,4-5,10-13H2,(H,24,28). The fraction of sp³-hybridized carbons (Fsp3) is 0.261. The second kappa shape index (κ2) is 9.86. The van der Waals surface area contributed by atoms with Gasteiger partial charge in [0.2, 0.25) is 0 Å². The summed E-state index contributed by atoms with van der Waals surface area (Å²) in [4.78, 5) is 51.8. The number of hydrogen-bond acceptors (Lipinski definition) is 7. The van der Waals surface area contributed by atoms with Crippen molar-refractivity contribution in [3.8, 4) is 0 Å². The third-order valence-corrected chi connectivity index (χ3v) is 6.38. The van der Waals surface area contributed by atoms with Crippen LogP contribution in [0.4, 0.5) is 16.2 Å². The predicted octanol–water partition coefficient (Wildman–Crippen LogP) is 3.66. The largest absolute Gasteiger partial charge is 0.366 e. The maximum Gasteiger partial charge on any atom is 0.293 e. The van der Waals surface area contributed by atoms with Crippen molar-refractivity contribution in [2.75, 3.05) is 31.1 Å². The molecule has 2 aliphatic heterocycles. The molecule has 4 rings (SSSR count). The van der Waals surface area contributed by atoms with Gasteiger partial charge in [0.15, 0.2) is 0 Å². The maximum absolute atomic E-state index is 12.6. The van der Waals surface area contributed by atoms with Crippen LogP contribution in [0.1, 0.15) is 28.8 Å². The Bertz CT molecular complexity index is 1130. The van der Waals surface area contributed by atoms with Gasteiger partial charge >= 0.3 is 0 Å². The Kier molecular flexibility index (Phi) is 6.74. The smallest absolute Gasteiger partial charge is 0.293 e. The zero-order valence-corrected chi connectivity index (χ0v) is 18.5. The summed E-state index contributed by atoms with van der Waals surface area (Å²) in [5, 5.41) is 13.8. The van der Waals surface area contributed by atoms with Crippen LogP contribution < -0.4 is 10.2 Å². The first-order chi connectivity index (χ1) is 15.9. The summed E-state index contributed by atoms with van der Waals surface area (Å²) in [6, 6.07) is 13.6. The molecule has 1 N–H and O–H groups in total. The SMILES string of the molecule is O=C(NCCN1C(=O)SC(=Cc2ccccc2)C1=O)c1ccc(N2CCCC2)c([N+](=O)[O-])c1. The average molecular weight is 467 g/mol. The van der Waals surface area contributed by atoms with E-state index < -0.39 is 22.0 Å². The Labute approximate surface area is 194 Å². The van der Waals surface area contributed by atoms with Crippen molar-refractivity contribution in [2.24, 2.45) is 0 Å². The fourth-order valence-electron chi connectivity index (χ4n) is 3.81. The van der Waals surface area contributed by atoms with E-state index >= 15 is 0 Å². The van der Waals surface area contributed by atoms with E-state index in [-0.39, 0.29) is 24.3 Å². The molecule has 0 spiro atoms. The molecular formula is C23H22N4O5S. The van der Waals surface area contributed by atoms with Crippen molar-refractivity contribution in [3.63, 3.8) is 0 Å². The molecule has 33 heavy (non-hydrogen) atoms. The summed E-state index contributed by atoms with van der Waals surface area (Å²) < 4.78 is 0. The highest BCUT2D eigenvalue weighted by Gasteiger charge is 2.34. The number of carbonyl (C=O) groups excluding carboxylic acids is 3. The molecular weight excluding hydrogens is 444 g/mol. The van der Waals surface area contributed by atoms with Crippen LogP contribution in [0.5, 0.6) is 0 Å². The molecule has 0 atom stereocenters. The highest BCUT2D eigenvalue weighted by atomic mass is 32.2. The summed E-state index contributed by atoms with van der Waals surface area (Å²) in [6.07, 6.45) is 3.62. The summed E-state index contributed by atoms with van der Waals surface area (Å²) in [7, 11) is 0. The first-order valence-electron chi connectivity index (χ1n) is 10.6. The minimum Gasteiger partial charge on any atom is -0.366 e. The average Bonchev–Trinajstić information content (AvgIpc) is 3.44. The van der Waals surface area contributed by atoms with Crippen molar-refractivity contribution in [1.29, 1.82) is 0 Å². The predicted molar refractivity (Wildman–Crippen MR) is 126 cm³/mol. The van der Waals surface area contributed by atoms with Gasteiger partial charge in [0, 0.05) is 37.8 Å². The van der Waals surface area contributed by atoms with Gasteiger partial charge in [-0.25, -0.2) is 0 Å². The molecule has 0 aromatic heterocycles. The van der Waals surface area contributed by atoms with Crippen LogP contribution in [0, 0.1) is 10.1 Å². The lowest BCUT2D eigenvalue weighted by atomic mass is 10.1. The minimum absolute atomic E-state index is 0.0104. The number of nitro groups is 1. The summed E-state index contributed by atoms with van der Waals surface area (Å²) in [5.74, 6) is -0.911. The van der Waals surface area contributed by atoms with Crippen molar-refractivity contribution in [3.05, 3.63) is 74.7 Å². The lowest BCUT2D eigenvalue weighted by Gasteiger charge is -2.18. The molecule has 10 heteroatoms. The molecule has 2 aliphatic rings. The molecule has 2 saturated heterocycles. The lowest BCUT2D eigenvalue weighted by Crippen LogP contribution is -2.37. The van der Waals surface area contributed by atoms with Crippen LogP contribution in [0.2, 0.25) is 0 Å². The number of carbonyl (C=O) groups is 3. The lowest BCUT2D eigenvalue weighted by molar-refractivity contribution is -0.384. The van der Waals surface area contributed by atoms with Gasteiger partial charge in [-0.1, -0.05) is 30.3 Å². The van der Waals surface area contributed by atoms with Crippen LogP contribution in [0.15, 0.2) is 53.4 Å². The third-order valence-electron chi connectivity index (χ3n) is 5.47. The van der Waals surface area contributed by atoms with Crippen LogP contribution in [-0.2, 0) is 4.79 Å². The molecule has 0 aliphatic carbocycles. The van der Waals surface area contributed by atoms with E-state index in [2.05, 4.69) is 5.32 Å². The van der Waals surface area contributed by atoms with Crippen molar-refractivity contribution >= 4 is 46.3 Å². The highest BCUT2D eigenvalue weighted by molar-refractivity contribution is 8.18. The zero-order valence-electron chi connectivity index (χ0n) is 17.7. The van der Waals surface area contributed by atoms with E-state index in [0.29, 0.717) is 10.6 Å². The number of benzene rings is 2. The quantitative estimate of drug-likeness (QED) is 0.376. The summed E-state index contributed by atoms with van der Waals surface area (Å²) >= 11 is 0.857. The number of imide groups is 1. The Morgan fingerprint density at radius 2 is 1.85 bits per heavy atom. The molecule has 9 nitrogen and oxygen atoms in total. The van der Waals surface area contributed by atoms with E-state index in [1.807, 2.05) is 35.2 Å². The molecule has 2 aromatic rings. The number of thioether (sulfide) groups is 1. The second-order valence-corrected chi connectivity index (χ2v) is 8.65. The number of anilines is 1. The Hall–Kier alpha value is -3.66. The normalized spacial score (nSPS) is 17.2. The summed E-state index contributed by atoms with van der Waals surface area (Å²) in [6.45, 7) is 1.56. The van der Waals surface area contributed by atoms with Gasteiger partial charge in [-0.3, -0.25) is 29.4 Å². The molecule has 0 unspecified atom stereocenters. The van der Waals surface area contributed by atoms with Crippen LogP contribution >= 0.6 is 11.8 Å². The van der Waals surface area contributed by atoms with E-state index in [1.54, 1.807) is 18.2 Å². The number of nitrogens with zero attached hydrogens (tertiary/aromatic N) is 3. The number of rotatable bonds is 7. The van der Waals surface area contributed by atoms with Crippen LogP contribution in [-0.4, -0.2) is 53.1 Å². The van der Waals surface area contributed by atoms with Gasteiger partial charge in [0.25, 0.3) is 22.7 Å². The number of nitrogens with one attached hydrogen (secondary N) is 1. The molecule has 0 radical (unpaired) electrons. The van der Waals surface area contributed by atoms with E-state index in [4.69, 9.17) is 0 Å². The van der Waals surface area contributed by atoms with Crippen molar-refractivity contribution < 1.29 is 19.3 Å². The first kappa shape index (κ1) is 22.5. The van der Waals surface area contributed by atoms with Gasteiger partial charge in [0.05, 0.1) is 9.83 Å². The molecule has 2 fully saturated rings. The molecule has 170 valence electrons. The number of nitro benzene ring substituents is 1. The number of amides is 3. The Balaban J connectivity index is 1.38. The Morgan fingerprint density at radius 3 is 2.55 bits per heavy atom. The van der Waals surface area contributed by atoms with E-state index in [1.165, 1.54) is 6.07 Å². The first-order valence-corrected chi connectivity index (χ1v) is 11.4. The molecule has 0 saturated carbocycles. The van der Waals surface area contributed by atoms with Crippen LogP contribution in [0.25, 0.3) is 6.08 Å². The zero-order chi connectivity index (χ0) is 23.4. The molecule has 2 aromatic carbocycles. The van der Waals surface area contributed by atoms with Gasteiger partial charge in [-0.2, -0.15) is 0 Å². The second-order valence-electron chi connectivity index (χ2n) is 7.65. The monoisotopic (exact) mass is 466 g/mol. The fourth-order valence-corrected chi connectivity index (χ4v) is 4.68. The topological polar surface area (TPSA) is 113 Å². The van der Waals surface area contributed by atoms with Gasteiger partial charge < -0.3 is 10.2 Å². The maximum atomic E-state index is 12.6. The minimum atomic E-state index is -0.502. The molecule has 3 amide bonds. The third kappa shape index (κ3) is 5.06.